The number of pyridine rings is 1. The number of aromatic nitrogens is 1. The van der Waals surface area contributed by atoms with Crippen LogP contribution in [0.5, 0.6) is 0 Å². The van der Waals surface area contributed by atoms with Crippen molar-refractivity contribution in [3.05, 3.63) is 29.6 Å². The van der Waals surface area contributed by atoms with Crippen LogP contribution in [0.25, 0.3) is 0 Å². The summed E-state index contributed by atoms with van der Waals surface area (Å²) in [4.78, 5) is 17.5. The van der Waals surface area contributed by atoms with Crippen molar-refractivity contribution in [3.63, 3.8) is 0 Å². The summed E-state index contributed by atoms with van der Waals surface area (Å²) in [5.41, 5.74) is 1.21. The number of hydrogen-bond donors (Lipinski definition) is 1. The quantitative estimate of drug-likeness (QED) is 0.918. The minimum absolute atomic E-state index is 0.254. The van der Waals surface area contributed by atoms with Crippen molar-refractivity contribution in [2.45, 2.75) is 39.7 Å². The van der Waals surface area contributed by atoms with Gasteiger partial charge in [0.2, 0.25) is 0 Å². The van der Waals surface area contributed by atoms with Crippen molar-refractivity contribution in [2.24, 2.45) is 11.8 Å². The third-order valence-electron chi connectivity index (χ3n) is 4.27. The summed E-state index contributed by atoms with van der Waals surface area (Å²) in [5.74, 6) is 0.684. The second-order valence-corrected chi connectivity index (χ2v) is 6.05. The van der Waals surface area contributed by atoms with Crippen LogP contribution in [0.1, 0.15) is 49.2 Å². The van der Waals surface area contributed by atoms with Gasteiger partial charge in [-0.05, 0) is 56.3 Å². The zero-order chi connectivity index (χ0) is 14.5. The van der Waals surface area contributed by atoms with Crippen LogP contribution >= 0.6 is 0 Å². The maximum atomic E-state index is 10.8. The third kappa shape index (κ3) is 4.04. The van der Waals surface area contributed by atoms with Crippen LogP contribution in [0.3, 0.4) is 0 Å². The van der Waals surface area contributed by atoms with E-state index in [4.69, 9.17) is 5.11 Å². The van der Waals surface area contributed by atoms with Crippen LogP contribution in [0.15, 0.2) is 18.3 Å². The molecule has 1 aliphatic heterocycles. The molecule has 1 unspecified atom stereocenters. The first-order valence-corrected chi connectivity index (χ1v) is 7.47. The first kappa shape index (κ1) is 15.0. The zero-order valence-electron chi connectivity index (χ0n) is 12.4. The van der Waals surface area contributed by atoms with Gasteiger partial charge >= 0.3 is 5.97 Å². The Morgan fingerprint density at radius 1 is 1.40 bits per heavy atom. The average Bonchev–Trinajstić information content (AvgIpc) is 2.65. The molecule has 0 aliphatic carbocycles. The first-order chi connectivity index (χ1) is 9.56. The largest absolute Gasteiger partial charge is 0.478 e. The van der Waals surface area contributed by atoms with Gasteiger partial charge in [0.15, 0.2) is 0 Å². The Balaban J connectivity index is 1.91. The van der Waals surface area contributed by atoms with Crippen LogP contribution in [0.4, 0.5) is 0 Å². The van der Waals surface area contributed by atoms with Crippen LogP contribution in [-0.2, 0) is 6.54 Å². The van der Waals surface area contributed by atoms with Gasteiger partial charge < -0.3 is 5.11 Å². The normalized spacial score (nSPS) is 20.9. The number of carboxylic acid groups (broad SMARTS) is 1. The smallest absolute Gasteiger partial charge is 0.337 e. The Hall–Kier alpha value is -1.42. The first-order valence-electron chi connectivity index (χ1n) is 7.47. The summed E-state index contributed by atoms with van der Waals surface area (Å²) in [6, 6.07) is 3.47. The maximum Gasteiger partial charge on any atom is 0.337 e. The monoisotopic (exact) mass is 276 g/mol. The van der Waals surface area contributed by atoms with Crippen LogP contribution in [0, 0.1) is 11.8 Å². The van der Waals surface area contributed by atoms with Crippen LogP contribution < -0.4 is 0 Å². The molecule has 110 valence electrons. The van der Waals surface area contributed by atoms with Gasteiger partial charge in [0.25, 0.3) is 0 Å². The standard InChI is InChI=1S/C16H24N2O2/c1-12(2)13-4-3-8-18(9-7-13)11-15-6-5-14(10-17-15)16(19)20/h5-6,10,12-13H,3-4,7-9,11H2,1-2H3,(H,19,20). The number of nitrogens with zero attached hydrogens (tertiary/aromatic N) is 2. The van der Waals surface area contributed by atoms with E-state index in [0.717, 1.165) is 37.2 Å². The minimum Gasteiger partial charge on any atom is -0.478 e. The van der Waals surface area contributed by atoms with Gasteiger partial charge in [0.05, 0.1) is 11.3 Å². The van der Waals surface area contributed by atoms with E-state index in [9.17, 15) is 4.79 Å². The van der Waals surface area contributed by atoms with Gasteiger partial charge in [-0.1, -0.05) is 13.8 Å². The molecule has 0 amide bonds. The number of carboxylic acids is 1. The maximum absolute atomic E-state index is 10.8. The summed E-state index contributed by atoms with van der Waals surface area (Å²) in [7, 11) is 0. The molecule has 1 aromatic heterocycles. The van der Waals surface area contributed by atoms with Gasteiger partial charge in [-0.25, -0.2) is 4.79 Å². The molecule has 2 heterocycles. The van der Waals surface area contributed by atoms with Gasteiger partial charge in [-0.2, -0.15) is 0 Å². The highest BCUT2D eigenvalue weighted by atomic mass is 16.4. The Labute approximate surface area is 120 Å². The molecule has 0 spiro atoms. The number of likely N-dealkylation sites (tertiary alicyclic amines) is 1. The van der Waals surface area contributed by atoms with Gasteiger partial charge in [-0.3, -0.25) is 9.88 Å². The number of rotatable bonds is 4. The van der Waals surface area contributed by atoms with Crippen molar-refractivity contribution < 1.29 is 9.90 Å². The van der Waals surface area contributed by atoms with Crippen molar-refractivity contribution in [2.75, 3.05) is 13.1 Å². The second kappa shape index (κ2) is 6.84. The van der Waals surface area contributed by atoms with E-state index in [0.29, 0.717) is 0 Å². The summed E-state index contributed by atoms with van der Waals surface area (Å²) >= 11 is 0. The highest BCUT2D eigenvalue weighted by molar-refractivity contribution is 5.87. The summed E-state index contributed by atoms with van der Waals surface area (Å²) in [6.45, 7) is 7.68. The molecule has 0 radical (unpaired) electrons. The van der Waals surface area contributed by atoms with E-state index in [1.807, 2.05) is 6.07 Å². The fraction of sp³-hybridized carbons (Fsp3) is 0.625. The SMILES string of the molecule is CC(C)C1CCCN(Cc2ccc(C(=O)O)cn2)CC1. The highest BCUT2D eigenvalue weighted by Gasteiger charge is 2.19. The molecule has 20 heavy (non-hydrogen) atoms. The predicted octanol–water partition coefficient (Wildman–Crippen LogP) is 3.04. The van der Waals surface area contributed by atoms with Crippen LogP contribution in [-0.4, -0.2) is 34.0 Å². The molecule has 4 heteroatoms. The van der Waals surface area contributed by atoms with E-state index in [2.05, 4.69) is 23.7 Å². The molecule has 1 aliphatic rings. The summed E-state index contributed by atoms with van der Waals surface area (Å²) in [6.07, 6.45) is 5.27. The molecule has 2 rings (SSSR count). The van der Waals surface area contributed by atoms with Crippen molar-refractivity contribution in [3.8, 4) is 0 Å². The lowest BCUT2D eigenvalue weighted by Gasteiger charge is -2.20. The summed E-state index contributed by atoms with van der Waals surface area (Å²) < 4.78 is 0. The minimum atomic E-state index is -0.918. The molecule has 0 aromatic carbocycles. The van der Waals surface area contributed by atoms with E-state index in [-0.39, 0.29) is 5.56 Å². The molecule has 1 aromatic rings. The number of hydrogen-bond acceptors (Lipinski definition) is 3. The lowest BCUT2D eigenvalue weighted by atomic mass is 9.89. The fourth-order valence-corrected chi connectivity index (χ4v) is 2.88. The van der Waals surface area contributed by atoms with Gasteiger partial charge in [0, 0.05) is 12.7 Å². The zero-order valence-corrected chi connectivity index (χ0v) is 12.4. The summed E-state index contributed by atoms with van der Waals surface area (Å²) in [5, 5.41) is 8.87. The lowest BCUT2D eigenvalue weighted by Crippen LogP contribution is -2.25. The Bertz CT molecular complexity index is 442. The fourth-order valence-electron chi connectivity index (χ4n) is 2.88. The number of carbonyl (C=O) groups is 1. The van der Waals surface area contributed by atoms with E-state index >= 15 is 0 Å². The Kier molecular flexibility index (Phi) is 5.12. The molecule has 1 saturated heterocycles. The van der Waals surface area contributed by atoms with Crippen LogP contribution in [0.2, 0.25) is 0 Å². The second-order valence-electron chi connectivity index (χ2n) is 6.05. The molecular formula is C16H24N2O2. The molecule has 4 nitrogen and oxygen atoms in total. The molecule has 1 atom stereocenters. The molecule has 1 fully saturated rings. The average molecular weight is 276 g/mol. The van der Waals surface area contributed by atoms with E-state index < -0.39 is 5.97 Å². The van der Waals surface area contributed by atoms with Crippen molar-refractivity contribution in [1.29, 1.82) is 0 Å². The third-order valence-corrected chi connectivity index (χ3v) is 4.27. The lowest BCUT2D eigenvalue weighted by molar-refractivity contribution is 0.0696. The van der Waals surface area contributed by atoms with Gasteiger partial charge in [-0.15, -0.1) is 0 Å². The Morgan fingerprint density at radius 3 is 2.80 bits per heavy atom. The van der Waals surface area contributed by atoms with Crippen molar-refractivity contribution >= 4 is 5.97 Å². The number of aromatic carboxylic acids is 1. The van der Waals surface area contributed by atoms with Gasteiger partial charge in [0.1, 0.15) is 0 Å². The topological polar surface area (TPSA) is 53.4 Å². The molecule has 0 saturated carbocycles. The molecule has 1 N–H and O–H groups in total. The molecule has 0 bridgehead atoms. The van der Waals surface area contributed by atoms with E-state index in [1.165, 1.54) is 25.5 Å². The van der Waals surface area contributed by atoms with Crippen molar-refractivity contribution in [1.82, 2.24) is 9.88 Å². The predicted molar refractivity (Wildman–Crippen MR) is 78.7 cm³/mol. The highest BCUT2D eigenvalue weighted by Crippen LogP contribution is 2.25. The van der Waals surface area contributed by atoms with E-state index in [1.54, 1.807) is 6.07 Å². The molecular weight excluding hydrogens is 252 g/mol. The Morgan fingerprint density at radius 2 is 2.20 bits per heavy atom.